The van der Waals surface area contributed by atoms with Crippen molar-refractivity contribution in [1.29, 1.82) is 0 Å². The molecule has 270 valence electrons. The first-order chi connectivity index (χ1) is 31.6. The molecule has 0 amide bonds. The summed E-state index contributed by atoms with van der Waals surface area (Å²) in [5.74, 6) is 0. The average Bonchev–Trinajstić information content (AvgIpc) is 3.68. The van der Waals surface area contributed by atoms with Crippen molar-refractivity contribution in [1.82, 2.24) is 4.57 Å². The fourth-order valence-electron chi connectivity index (χ4n) is 7.44. The zero-order valence-corrected chi connectivity index (χ0v) is 30.7. The summed E-state index contributed by atoms with van der Waals surface area (Å²) in [5.41, 5.74) is 6.60. The summed E-state index contributed by atoms with van der Waals surface area (Å²) in [7, 11) is 0. The number of anilines is 6. The van der Waals surface area contributed by atoms with E-state index in [1.54, 1.807) is 17.0 Å². The normalized spacial score (nSPS) is 13.1. The van der Waals surface area contributed by atoms with Gasteiger partial charge in [0.05, 0.1) is 22.0 Å². The van der Waals surface area contributed by atoms with Crippen molar-refractivity contribution < 1.29 is 11.0 Å². The first-order valence-corrected chi connectivity index (χ1v) is 18.8. The Morgan fingerprint density at radius 3 is 1.26 bits per heavy atom. The van der Waals surface area contributed by atoms with Crippen LogP contribution in [0.5, 0.6) is 0 Å². The lowest BCUT2D eigenvalue weighted by Crippen LogP contribution is -2.10. The fraction of sp³-hybridized carbons (Fsp3) is 0. The second kappa shape index (κ2) is 14.9. The van der Waals surface area contributed by atoms with Gasteiger partial charge < -0.3 is 14.4 Å². The molecule has 0 fully saturated rings. The van der Waals surface area contributed by atoms with Crippen molar-refractivity contribution in [3.8, 4) is 27.9 Å². The zero-order valence-electron chi connectivity index (χ0n) is 38.7. The van der Waals surface area contributed by atoms with Crippen LogP contribution in [0.25, 0.3) is 49.7 Å². The summed E-state index contributed by atoms with van der Waals surface area (Å²) in [6, 6.07) is 56.9. The molecule has 3 nitrogen and oxygen atoms in total. The molecular formula is C54H39N3. The number of rotatable bonds is 9. The first kappa shape index (κ1) is 26.2. The van der Waals surface area contributed by atoms with E-state index >= 15 is 0 Å². The standard InChI is InChI=1S/C54H39N3/c1-5-15-44(16-6-1)55(45-17-7-2-8-18-45)48-33-29-42(30-34-48)40-25-27-41(28-26-40)43-31-35-49(36-32-43)56(46-19-9-3-10-20-46)50-37-38-52-51-23-13-14-24-53(51)57(54(52)39-50)47-21-11-4-12-22-47/h1-39H/i25D,26D,27D,28D,31D,32D,35D,36D. The van der Waals surface area contributed by atoms with Gasteiger partial charge in [0.25, 0.3) is 0 Å². The van der Waals surface area contributed by atoms with Crippen molar-refractivity contribution >= 4 is 55.9 Å². The second-order valence-corrected chi connectivity index (χ2v) is 13.6. The van der Waals surface area contributed by atoms with Gasteiger partial charge >= 0.3 is 0 Å². The van der Waals surface area contributed by atoms with Gasteiger partial charge in [0.1, 0.15) is 0 Å². The molecule has 0 radical (unpaired) electrons. The van der Waals surface area contributed by atoms with E-state index in [4.69, 9.17) is 0 Å². The van der Waals surface area contributed by atoms with Gasteiger partial charge in [-0.2, -0.15) is 0 Å². The maximum atomic E-state index is 9.53. The highest BCUT2D eigenvalue weighted by molar-refractivity contribution is 6.10. The summed E-state index contributed by atoms with van der Waals surface area (Å²) in [4.78, 5) is 3.78. The lowest BCUT2D eigenvalue weighted by molar-refractivity contribution is 1.18. The van der Waals surface area contributed by atoms with E-state index < -0.39 is 36.3 Å². The topological polar surface area (TPSA) is 11.4 Å². The Balaban J connectivity index is 1.10. The number of fused-ring (bicyclic) bond motifs is 3. The number of nitrogens with zero attached hydrogens (tertiary/aromatic N) is 3. The quantitative estimate of drug-likeness (QED) is 0.146. The molecule has 0 unspecified atom stereocenters. The molecular weight excluding hydrogens is 691 g/mol. The smallest absolute Gasteiger partial charge is 0.0645 e. The van der Waals surface area contributed by atoms with Crippen molar-refractivity contribution in [2.24, 2.45) is 0 Å². The van der Waals surface area contributed by atoms with Crippen LogP contribution in [0.1, 0.15) is 11.0 Å². The minimum Gasteiger partial charge on any atom is -0.311 e. The Morgan fingerprint density at radius 1 is 0.298 bits per heavy atom. The van der Waals surface area contributed by atoms with Gasteiger partial charge in [0, 0.05) is 50.6 Å². The summed E-state index contributed by atoms with van der Waals surface area (Å²) in [6.07, 6.45) is 0. The van der Waals surface area contributed by atoms with E-state index in [0.717, 1.165) is 44.6 Å². The lowest BCUT2D eigenvalue weighted by atomic mass is 9.99. The summed E-state index contributed by atoms with van der Waals surface area (Å²) in [6.45, 7) is 0. The molecule has 1 heterocycles. The third-order valence-electron chi connectivity index (χ3n) is 10.1. The molecule has 10 rings (SSSR count). The fourth-order valence-corrected chi connectivity index (χ4v) is 7.44. The molecule has 0 saturated carbocycles. The third-order valence-corrected chi connectivity index (χ3v) is 10.1. The maximum absolute atomic E-state index is 9.53. The van der Waals surface area contributed by atoms with E-state index in [2.05, 4.69) is 21.6 Å². The molecule has 57 heavy (non-hydrogen) atoms. The van der Waals surface area contributed by atoms with Crippen LogP contribution in [-0.4, -0.2) is 4.57 Å². The predicted octanol–water partition coefficient (Wildman–Crippen LogP) is 15.1. The first-order valence-electron chi connectivity index (χ1n) is 22.8. The maximum Gasteiger partial charge on any atom is 0.0645 e. The van der Waals surface area contributed by atoms with E-state index in [-0.39, 0.29) is 34.5 Å². The molecule has 0 bridgehead atoms. The van der Waals surface area contributed by atoms with Crippen molar-refractivity contribution in [3.05, 3.63) is 236 Å². The highest BCUT2D eigenvalue weighted by Gasteiger charge is 2.18. The average molecular weight is 738 g/mol. The van der Waals surface area contributed by atoms with Crippen LogP contribution in [-0.2, 0) is 0 Å². The molecule has 0 spiro atoms. The van der Waals surface area contributed by atoms with Gasteiger partial charge in [-0.15, -0.1) is 0 Å². The van der Waals surface area contributed by atoms with Gasteiger partial charge in [-0.25, -0.2) is 0 Å². The summed E-state index contributed by atoms with van der Waals surface area (Å²) >= 11 is 0. The van der Waals surface area contributed by atoms with E-state index in [9.17, 15) is 11.0 Å². The van der Waals surface area contributed by atoms with E-state index in [1.165, 1.54) is 0 Å². The van der Waals surface area contributed by atoms with Gasteiger partial charge in [-0.3, -0.25) is 0 Å². The molecule has 0 aliphatic carbocycles. The van der Waals surface area contributed by atoms with Gasteiger partial charge in [0.2, 0.25) is 0 Å². The molecule has 9 aromatic carbocycles. The largest absolute Gasteiger partial charge is 0.311 e. The molecule has 0 saturated heterocycles. The summed E-state index contributed by atoms with van der Waals surface area (Å²) in [5, 5.41) is 2.05. The molecule has 0 aliphatic rings. The molecule has 1 aromatic heterocycles. The van der Waals surface area contributed by atoms with Crippen LogP contribution in [0.15, 0.2) is 236 Å². The van der Waals surface area contributed by atoms with E-state index in [1.807, 2.05) is 164 Å². The van der Waals surface area contributed by atoms with Gasteiger partial charge in [-0.05, 0) is 113 Å². The Bertz CT molecular complexity index is 3300. The Labute approximate surface area is 344 Å². The Kier molecular flexibility index (Phi) is 6.86. The highest BCUT2D eigenvalue weighted by Crippen LogP contribution is 2.41. The number of hydrogen-bond donors (Lipinski definition) is 0. The minimum absolute atomic E-state index is 0.0244. The van der Waals surface area contributed by atoms with Crippen LogP contribution in [0.2, 0.25) is 0 Å². The van der Waals surface area contributed by atoms with Crippen LogP contribution < -0.4 is 9.80 Å². The van der Waals surface area contributed by atoms with Crippen LogP contribution >= 0.6 is 0 Å². The van der Waals surface area contributed by atoms with Crippen molar-refractivity contribution in [2.45, 2.75) is 0 Å². The molecule has 0 atom stereocenters. The predicted molar refractivity (Wildman–Crippen MR) is 241 cm³/mol. The lowest BCUT2D eigenvalue weighted by Gasteiger charge is -2.26. The number of para-hydroxylation sites is 5. The minimum atomic E-state index is -0.485. The SMILES string of the molecule is [2H]c1c([2H])c(-c2c([2H])c([2H])c(N(c3ccccc3)c3ccc4c5ccccc5n(-c5ccccc5)c4c3)c([2H])c2[2H])c([2H])c([2H])c1-c1ccc(N(c2ccccc2)c2ccccc2)cc1. The van der Waals surface area contributed by atoms with Crippen molar-refractivity contribution in [2.75, 3.05) is 9.80 Å². The molecule has 0 aliphatic heterocycles. The summed E-state index contributed by atoms with van der Waals surface area (Å²) < 4.78 is 77.0. The number of benzene rings is 9. The molecule has 10 aromatic rings. The van der Waals surface area contributed by atoms with Gasteiger partial charge in [-0.1, -0.05) is 145 Å². The van der Waals surface area contributed by atoms with Crippen LogP contribution in [0, 0.1) is 0 Å². The van der Waals surface area contributed by atoms with Crippen LogP contribution in [0.3, 0.4) is 0 Å². The Morgan fingerprint density at radius 2 is 0.702 bits per heavy atom. The van der Waals surface area contributed by atoms with E-state index in [0.29, 0.717) is 16.9 Å². The molecule has 0 N–H and O–H groups in total. The number of aromatic nitrogens is 1. The van der Waals surface area contributed by atoms with Crippen LogP contribution in [0.4, 0.5) is 34.1 Å². The third kappa shape index (κ3) is 6.52. The zero-order chi connectivity index (χ0) is 44.9. The highest BCUT2D eigenvalue weighted by atomic mass is 15.1. The second-order valence-electron chi connectivity index (χ2n) is 13.6. The van der Waals surface area contributed by atoms with Gasteiger partial charge in [0.15, 0.2) is 0 Å². The molecule has 3 heteroatoms. The number of hydrogen-bond acceptors (Lipinski definition) is 2. The van der Waals surface area contributed by atoms with Crippen molar-refractivity contribution in [3.63, 3.8) is 0 Å². The monoisotopic (exact) mass is 737 g/mol. The Hall–Kier alpha value is -7.62.